The number of nitrogen functional groups attached to an aromatic ring is 1. The number of hydrogen-bond donors (Lipinski definition) is 1. The summed E-state index contributed by atoms with van der Waals surface area (Å²) in [5.41, 5.74) is 5.50. The van der Waals surface area contributed by atoms with Crippen LogP contribution in [-0.4, -0.2) is 9.91 Å². The lowest BCUT2D eigenvalue weighted by Gasteiger charge is -1.92. The molecule has 0 atom stereocenters. The Bertz CT molecular complexity index is 282. The van der Waals surface area contributed by atoms with E-state index in [1.165, 1.54) is 6.07 Å². The van der Waals surface area contributed by atoms with E-state index in [2.05, 4.69) is 4.98 Å². The number of pyridine rings is 1. The molecule has 0 bridgehead atoms. The van der Waals surface area contributed by atoms with E-state index in [4.69, 9.17) is 17.3 Å². The van der Waals surface area contributed by atoms with Crippen LogP contribution in [0.15, 0.2) is 12.1 Å². The summed E-state index contributed by atoms with van der Waals surface area (Å²) in [6, 6.07) is 2.49. The Hall–Kier alpha value is -1.36. The van der Waals surface area contributed by atoms with Crippen LogP contribution in [-0.2, 0) is 0 Å². The molecule has 0 amide bonds. The third kappa shape index (κ3) is 1.78. The topological polar surface area (TPSA) is 82.0 Å². The molecule has 58 valence electrons. The van der Waals surface area contributed by atoms with Gasteiger partial charge in [-0.25, -0.2) is 0 Å². The number of halogens is 1. The molecule has 0 saturated heterocycles. The first kappa shape index (κ1) is 7.74. The van der Waals surface area contributed by atoms with Gasteiger partial charge in [0.15, 0.2) is 0 Å². The smallest absolute Gasteiger partial charge is 0.367 e. The molecular formula is C5H4ClN3O2. The van der Waals surface area contributed by atoms with Crippen molar-refractivity contribution in [3.05, 3.63) is 27.4 Å². The molecule has 0 saturated carbocycles. The van der Waals surface area contributed by atoms with Crippen LogP contribution in [0.25, 0.3) is 0 Å². The number of aromatic nitrogens is 1. The zero-order valence-electron chi connectivity index (χ0n) is 5.32. The molecule has 0 aromatic carbocycles. The maximum Gasteiger partial charge on any atom is 0.367 e. The molecule has 0 aliphatic carbocycles. The molecule has 0 spiro atoms. The standard InChI is InChI=1S/C5H4ClN3O2/c6-4-1-3(7)2-5(8-4)9(10)11/h1-2H,(H2,7,8). The molecule has 0 radical (unpaired) electrons. The lowest BCUT2D eigenvalue weighted by atomic mass is 10.4. The van der Waals surface area contributed by atoms with E-state index < -0.39 is 4.92 Å². The van der Waals surface area contributed by atoms with Gasteiger partial charge in [0, 0.05) is 11.8 Å². The number of nitrogens with two attached hydrogens (primary N) is 1. The van der Waals surface area contributed by atoms with Crippen molar-refractivity contribution in [3.8, 4) is 0 Å². The van der Waals surface area contributed by atoms with Crippen LogP contribution in [0, 0.1) is 10.1 Å². The highest BCUT2D eigenvalue weighted by molar-refractivity contribution is 6.29. The van der Waals surface area contributed by atoms with Gasteiger partial charge in [0.1, 0.15) is 0 Å². The van der Waals surface area contributed by atoms with Gasteiger partial charge in [-0.05, 0) is 21.5 Å². The Kier molecular flexibility index (Phi) is 1.91. The second-order valence-electron chi connectivity index (χ2n) is 1.84. The maximum absolute atomic E-state index is 10.1. The van der Waals surface area contributed by atoms with Crippen molar-refractivity contribution in [1.82, 2.24) is 4.98 Å². The fourth-order valence-electron chi connectivity index (χ4n) is 0.596. The normalized spacial score (nSPS) is 9.55. The summed E-state index contributed by atoms with van der Waals surface area (Å²) < 4.78 is 0. The second-order valence-corrected chi connectivity index (χ2v) is 2.23. The van der Waals surface area contributed by atoms with Crippen LogP contribution in [0.3, 0.4) is 0 Å². The summed E-state index contributed by atoms with van der Waals surface area (Å²) >= 11 is 5.40. The molecule has 0 aliphatic rings. The van der Waals surface area contributed by atoms with Crippen molar-refractivity contribution in [3.63, 3.8) is 0 Å². The van der Waals surface area contributed by atoms with Crippen molar-refractivity contribution < 1.29 is 4.92 Å². The minimum Gasteiger partial charge on any atom is -0.398 e. The predicted octanol–water partition coefficient (Wildman–Crippen LogP) is 1.23. The molecular weight excluding hydrogens is 170 g/mol. The van der Waals surface area contributed by atoms with Gasteiger partial charge in [-0.3, -0.25) is 0 Å². The van der Waals surface area contributed by atoms with Crippen LogP contribution < -0.4 is 5.73 Å². The van der Waals surface area contributed by atoms with Gasteiger partial charge in [-0.2, -0.15) is 0 Å². The summed E-state index contributed by atoms with van der Waals surface area (Å²) in [4.78, 5) is 12.9. The van der Waals surface area contributed by atoms with Gasteiger partial charge in [0.2, 0.25) is 5.15 Å². The largest absolute Gasteiger partial charge is 0.398 e. The minimum absolute atomic E-state index is 0.0247. The van der Waals surface area contributed by atoms with Crippen LogP contribution >= 0.6 is 11.6 Å². The first-order valence-electron chi connectivity index (χ1n) is 2.67. The first-order chi connectivity index (χ1) is 5.09. The summed E-state index contributed by atoms with van der Waals surface area (Å²) in [6.45, 7) is 0. The number of nitrogens with zero attached hydrogens (tertiary/aromatic N) is 2. The molecule has 11 heavy (non-hydrogen) atoms. The lowest BCUT2D eigenvalue weighted by Crippen LogP contribution is -1.94. The molecule has 6 heteroatoms. The third-order valence-electron chi connectivity index (χ3n) is 0.990. The van der Waals surface area contributed by atoms with E-state index in [1.54, 1.807) is 0 Å². The van der Waals surface area contributed by atoms with Crippen LogP contribution in [0.2, 0.25) is 5.15 Å². The van der Waals surface area contributed by atoms with Crippen molar-refractivity contribution in [2.45, 2.75) is 0 Å². The molecule has 2 N–H and O–H groups in total. The number of anilines is 1. The van der Waals surface area contributed by atoms with Gasteiger partial charge in [0.25, 0.3) is 0 Å². The predicted molar refractivity (Wildman–Crippen MR) is 40.3 cm³/mol. The minimum atomic E-state index is -0.651. The molecule has 1 aromatic rings. The Morgan fingerprint density at radius 3 is 2.73 bits per heavy atom. The molecule has 0 unspecified atom stereocenters. The maximum atomic E-state index is 10.1. The van der Waals surface area contributed by atoms with E-state index in [0.29, 0.717) is 0 Å². The van der Waals surface area contributed by atoms with Crippen molar-refractivity contribution in [2.75, 3.05) is 5.73 Å². The number of rotatable bonds is 1. The third-order valence-corrected chi connectivity index (χ3v) is 1.18. The quantitative estimate of drug-likeness (QED) is 0.393. The monoisotopic (exact) mass is 173 g/mol. The van der Waals surface area contributed by atoms with Crippen molar-refractivity contribution >= 4 is 23.1 Å². The van der Waals surface area contributed by atoms with Crippen molar-refractivity contribution in [2.24, 2.45) is 0 Å². The summed E-state index contributed by atoms with van der Waals surface area (Å²) in [5, 5.41) is 10.2. The molecule has 1 aromatic heterocycles. The Balaban J connectivity index is 3.19. The van der Waals surface area contributed by atoms with Gasteiger partial charge < -0.3 is 15.8 Å². The lowest BCUT2D eigenvalue weighted by molar-refractivity contribution is -0.389. The highest BCUT2D eigenvalue weighted by Crippen LogP contribution is 2.16. The van der Waals surface area contributed by atoms with Gasteiger partial charge >= 0.3 is 5.82 Å². The van der Waals surface area contributed by atoms with E-state index >= 15 is 0 Å². The first-order valence-corrected chi connectivity index (χ1v) is 3.05. The second kappa shape index (κ2) is 2.71. The number of hydrogen-bond acceptors (Lipinski definition) is 4. The average molecular weight is 174 g/mol. The molecule has 0 aliphatic heterocycles. The van der Waals surface area contributed by atoms with E-state index in [9.17, 15) is 10.1 Å². The zero-order chi connectivity index (χ0) is 8.43. The fourth-order valence-corrected chi connectivity index (χ4v) is 0.808. The summed E-state index contributed by atoms with van der Waals surface area (Å²) in [6.07, 6.45) is 0. The average Bonchev–Trinajstić information content (AvgIpc) is 1.85. The van der Waals surface area contributed by atoms with Crippen LogP contribution in [0.4, 0.5) is 11.5 Å². The Morgan fingerprint density at radius 1 is 1.64 bits per heavy atom. The molecule has 1 heterocycles. The van der Waals surface area contributed by atoms with Gasteiger partial charge in [-0.1, -0.05) is 0 Å². The highest BCUT2D eigenvalue weighted by atomic mass is 35.5. The van der Waals surface area contributed by atoms with Gasteiger partial charge in [-0.15, -0.1) is 0 Å². The zero-order valence-corrected chi connectivity index (χ0v) is 6.08. The Labute approximate surface area is 66.9 Å². The van der Waals surface area contributed by atoms with E-state index in [1.807, 2.05) is 0 Å². The SMILES string of the molecule is Nc1cc(Cl)nc([N+](=O)[O-])c1. The number of nitro groups is 1. The highest BCUT2D eigenvalue weighted by Gasteiger charge is 2.09. The van der Waals surface area contributed by atoms with Crippen molar-refractivity contribution in [1.29, 1.82) is 0 Å². The van der Waals surface area contributed by atoms with Gasteiger partial charge in [0.05, 0.1) is 6.07 Å². The summed E-state index contributed by atoms with van der Waals surface area (Å²) in [7, 11) is 0. The van der Waals surface area contributed by atoms with Crippen LogP contribution in [0.5, 0.6) is 0 Å². The molecule has 0 fully saturated rings. The Morgan fingerprint density at radius 2 is 2.27 bits per heavy atom. The van der Waals surface area contributed by atoms with E-state index in [0.717, 1.165) is 6.07 Å². The summed E-state index contributed by atoms with van der Waals surface area (Å²) in [5.74, 6) is -0.338. The fraction of sp³-hybridized carbons (Fsp3) is 0. The van der Waals surface area contributed by atoms with E-state index in [-0.39, 0.29) is 16.7 Å². The molecule has 5 nitrogen and oxygen atoms in total. The van der Waals surface area contributed by atoms with Crippen LogP contribution in [0.1, 0.15) is 0 Å². The molecule has 1 rings (SSSR count).